The van der Waals surface area contributed by atoms with Crippen molar-refractivity contribution in [2.45, 2.75) is 13.0 Å². The number of nitrogens with zero attached hydrogens (tertiary/aromatic N) is 3. The fourth-order valence-corrected chi connectivity index (χ4v) is 1.95. The van der Waals surface area contributed by atoms with Crippen molar-refractivity contribution >= 4 is 16.0 Å². The van der Waals surface area contributed by atoms with Crippen LogP contribution in [0.1, 0.15) is 6.42 Å². The van der Waals surface area contributed by atoms with Crippen molar-refractivity contribution < 1.29 is 18.3 Å². The van der Waals surface area contributed by atoms with Gasteiger partial charge in [0.1, 0.15) is 0 Å². The first-order valence-electron chi connectivity index (χ1n) is 4.53. The molecule has 1 heterocycles. The minimum atomic E-state index is -3.52. The highest BCUT2D eigenvalue weighted by atomic mass is 32.2. The summed E-state index contributed by atoms with van der Waals surface area (Å²) < 4.78 is 26.2. The summed E-state index contributed by atoms with van der Waals surface area (Å²) in [7, 11) is -3.52. The molecule has 0 radical (unpaired) electrons. The molecule has 16 heavy (non-hydrogen) atoms. The van der Waals surface area contributed by atoms with Crippen LogP contribution in [0.4, 0.5) is 0 Å². The van der Waals surface area contributed by atoms with Crippen molar-refractivity contribution in [2.75, 3.05) is 12.3 Å². The average Bonchev–Trinajstić information content (AvgIpc) is 2.68. The summed E-state index contributed by atoms with van der Waals surface area (Å²) in [5, 5.41) is 15.5. The van der Waals surface area contributed by atoms with Gasteiger partial charge in [-0.25, -0.2) is 13.1 Å². The van der Waals surface area contributed by atoms with Crippen molar-refractivity contribution in [1.82, 2.24) is 19.7 Å². The van der Waals surface area contributed by atoms with Gasteiger partial charge in [0.2, 0.25) is 10.0 Å². The number of nitrogens with one attached hydrogen (secondary N) is 1. The molecule has 2 N–H and O–H groups in total. The van der Waals surface area contributed by atoms with E-state index in [9.17, 15) is 13.2 Å². The number of carboxylic acid groups (broad SMARTS) is 1. The molecule has 0 aliphatic carbocycles. The molecule has 0 saturated carbocycles. The third kappa shape index (κ3) is 4.84. The van der Waals surface area contributed by atoms with E-state index in [2.05, 4.69) is 15.0 Å². The number of carbonyl (C=O) groups is 1. The molecule has 0 aliphatic rings. The van der Waals surface area contributed by atoms with E-state index in [1.54, 1.807) is 6.20 Å². The number of sulfonamides is 1. The van der Waals surface area contributed by atoms with Crippen LogP contribution >= 0.6 is 0 Å². The molecule has 0 spiro atoms. The molecular weight excluding hydrogens is 236 g/mol. The van der Waals surface area contributed by atoms with E-state index in [4.69, 9.17) is 5.11 Å². The minimum Gasteiger partial charge on any atom is -0.481 e. The van der Waals surface area contributed by atoms with Gasteiger partial charge in [0.25, 0.3) is 0 Å². The second-order valence-electron chi connectivity index (χ2n) is 3.02. The first-order valence-corrected chi connectivity index (χ1v) is 6.18. The third-order valence-corrected chi connectivity index (χ3v) is 3.11. The molecule has 0 aliphatic heterocycles. The van der Waals surface area contributed by atoms with Crippen LogP contribution in [-0.2, 0) is 21.4 Å². The first kappa shape index (κ1) is 12.6. The molecule has 0 bridgehead atoms. The first-order chi connectivity index (χ1) is 7.49. The van der Waals surface area contributed by atoms with Crippen LogP contribution < -0.4 is 4.72 Å². The van der Waals surface area contributed by atoms with Gasteiger partial charge in [-0.3, -0.25) is 9.48 Å². The smallest absolute Gasteiger partial charge is 0.304 e. The maximum Gasteiger partial charge on any atom is 0.304 e. The Labute approximate surface area is 92.3 Å². The van der Waals surface area contributed by atoms with Gasteiger partial charge in [0.15, 0.2) is 0 Å². The summed E-state index contributed by atoms with van der Waals surface area (Å²) >= 11 is 0. The van der Waals surface area contributed by atoms with Crippen LogP contribution in [0.3, 0.4) is 0 Å². The Morgan fingerprint density at radius 3 is 2.81 bits per heavy atom. The second-order valence-corrected chi connectivity index (χ2v) is 4.95. The lowest BCUT2D eigenvalue weighted by Gasteiger charge is -2.04. The van der Waals surface area contributed by atoms with Gasteiger partial charge in [-0.15, -0.1) is 5.10 Å². The molecule has 90 valence electrons. The predicted molar refractivity (Wildman–Crippen MR) is 54.1 cm³/mol. The Balaban J connectivity index is 2.28. The summed E-state index contributed by atoms with van der Waals surface area (Å²) in [5.41, 5.74) is 0. The van der Waals surface area contributed by atoms with E-state index in [-0.39, 0.29) is 6.54 Å². The van der Waals surface area contributed by atoms with Crippen molar-refractivity contribution in [3.8, 4) is 0 Å². The Morgan fingerprint density at radius 2 is 2.25 bits per heavy atom. The van der Waals surface area contributed by atoms with E-state index in [0.29, 0.717) is 6.54 Å². The average molecular weight is 248 g/mol. The fraction of sp³-hybridized carbons (Fsp3) is 0.571. The van der Waals surface area contributed by atoms with Gasteiger partial charge in [-0.1, -0.05) is 5.21 Å². The van der Waals surface area contributed by atoms with Gasteiger partial charge >= 0.3 is 5.97 Å². The van der Waals surface area contributed by atoms with E-state index in [1.165, 1.54) is 10.9 Å². The van der Waals surface area contributed by atoms with Gasteiger partial charge in [0, 0.05) is 12.7 Å². The molecule has 1 rings (SSSR count). The minimum absolute atomic E-state index is 0.158. The molecule has 0 aromatic carbocycles. The Bertz CT molecular complexity index is 427. The van der Waals surface area contributed by atoms with Crippen molar-refractivity contribution in [3.63, 3.8) is 0 Å². The zero-order chi connectivity index (χ0) is 12.0. The second kappa shape index (κ2) is 5.56. The number of hydrogen-bond acceptors (Lipinski definition) is 5. The Hall–Kier alpha value is -1.48. The summed E-state index contributed by atoms with van der Waals surface area (Å²) in [6.07, 6.45) is 2.68. The van der Waals surface area contributed by atoms with Gasteiger partial charge in [0.05, 0.1) is 24.9 Å². The normalized spacial score (nSPS) is 11.5. The highest BCUT2D eigenvalue weighted by Gasteiger charge is 2.11. The van der Waals surface area contributed by atoms with E-state index in [0.717, 1.165) is 0 Å². The SMILES string of the molecule is O=C(O)CCS(=O)(=O)NCCn1ccnn1. The standard InChI is InChI=1S/C7H12N4O4S/c12-7(13)1-6-16(14,15)9-3-5-11-4-2-8-10-11/h2,4,9H,1,3,5-6H2,(H,12,13). The monoisotopic (exact) mass is 248 g/mol. The van der Waals surface area contributed by atoms with Crippen molar-refractivity contribution in [1.29, 1.82) is 0 Å². The van der Waals surface area contributed by atoms with Crippen molar-refractivity contribution in [2.24, 2.45) is 0 Å². The van der Waals surface area contributed by atoms with Crippen LogP contribution in [-0.4, -0.2) is 46.8 Å². The topological polar surface area (TPSA) is 114 Å². The molecule has 0 saturated heterocycles. The lowest BCUT2D eigenvalue weighted by atomic mass is 10.5. The lowest BCUT2D eigenvalue weighted by molar-refractivity contribution is -0.136. The van der Waals surface area contributed by atoms with E-state index >= 15 is 0 Å². The molecule has 8 nitrogen and oxygen atoms in total. The summed E-state index contributed by atoms with van der Waals surface area (Å²) in [6.45, 7) is 0.512. The highest BCUT2D eigenvalue weighted by molar-refractivity contribution is 7.89. The molecule has 0 fully saturated rings. The number of carboxylic acids is 1. The number of aliphatic carboxylic acids is 1. The van der Waals surface area contributed by atoms with Crippen LogP contribution in [0.15, 0.2) is 12.4 Å². The van der Waals surface area contributed by atoms with Gasteiger partial charge in [-0.05, 0) is 0 Å². The number of rotatable bonds is 7. The zero-order valence-corrected chi connectivity index (χ0v) is 9.22. The summed E-state index contributed by atoms with van der Waals surface area (Å²) in [6, 6.07) is 0. The van der Waals surface area contributed by atoms with Crippen LogP contribution in [0.5, 0.6) is 0 Å². The molecule has 1 aromatic rings. The van der Waals surface area contributed by atoms with E-state index < -0.39 is 28.2 Å². The molecular formula is C7H12N4O4S. The zero-order valence-electron chi connectivity index (χ0n) is 8.40. The van der Waals surface area contributed by atoms with Gasteiger partial charge < -0.3 is 5.11 Å². The molecule has 0 unspecified atom stereocenters. The number of hydrogen-bond donors (Lipinski definition) is 2. The van der Waals surface area contributed by atoms with Crippen LogP contribution in [0.2, 0.25) is 0 Å². The lowest BCUT2D eigenvalue weighted by Crippen LogP contribution is -2.30. The molecule has 9 heteroatoms. The maximum absolute atomic E-state index is 11.2. The Morgan fingerprint density at radius 1 is 1.50 bits per heavy atom. The fourth-order valence-electron chi connectivity index (χ4n) is 0.962. The number of aromatic nitrogens is 3. The van der Waals surface area contributed by atoms with Crippen LogP contribution in [0.25, 0.3) is 0 Å². The highest BCUT2D eigenvalue weighted by Crippen LogP contribution is 1.90. The van der Waals surface area contributed by atoms with Crippen LogP contribution in [0, 0.1) is 0 Å². The maximum atomic E-state index is 11.2. The van der Waals surface area contributed by atoms with Crippen molar-refractivity contribution in [3.05, 3.63) is 12.4 Å². The molecule has 0 atom stereocenters. The Kier molecular flexibility index (Phi) is 4.38. The van der Waals surface area contributed by atoms with E-state index in [1.807, 2.05) is 0 Å². The largest absolute Gasteiger partial charge is 0.481 e. The molecule has 1 aromatic heterocycles. The quantitative estimate of drug-likeness (QED) is 0.618. The summed E-state index contributed by atoms with van der Waals surface area (Å²) in [5.74, 6) is -1.55. The third-order valence-electron chi connectivity index (χ3n) is 1.72. The van der Waals surface area contributed by atoms with Gasteiger partial charge in [-0.2, -0.15) is 0 Å². The molecule has 0 amide bonds. The predicted octanol–water partition coefficient (Wildman–Crippen LogP) is -1.33. The summed E-state index contributed by atoms with van der Waals surface area (Å²) in [4.78, 5) is 10.2.